The topological polar surface area (TPSA) is 119 Å². The Morgan fingerprint density at radius 1 is 1.26 bits per heavy atom. The second-order valence-electron chi connectivity index (χ2n) is 7.15. The molecular formula is C18H21N5O4. The van der Waals surface area contributed by atoms with E-state index in [1.165, 1.54) is 0 Å². The van der Waals surface area contributed by atoms with Crippen LogP contribution in [0.4, 0.5) is 10.5 Å². The number of ether oxygens (including phenoxy) is 1. The Hall–Kier alpha value is -3.23. The van der Waals surface area contributed by atoms with Crippen molar-refractivity contribution in [2.75, 3.05) is 5.32 Å². The van der Waals surface area contributed by atoms with Crippen LogP contribution in [-0.2, 0) is 9.53 Å². The Morgan fingerprint density at radius 2 is 1.96 bits per heavy atom. The van der Waals surface area contributed by atoms with Crippen LogP contribution in [0.3, 0.4) is 0 Å². The summed E-state index contributed by atoms with van der Waals surface area (Å²) in [6.45, 7) is 7.06. The lowest BCUT2D eigenvalue weighted by molar-refractivity contribution is -0.123. The highest BCUT2D eigenvalue weighted by Crippen LogP contribution is 2.25. The third-order valence-electron chi connectivity index (χ3n) is 3.72. The monoisotopic (exact) mass is 371 g/mol. The van der Waals surface area contributed by atoms with E-state index in [1.54, 1.807) is 52.0 Å². The quantitative estimate of drug-likeness (QED) is 0.856. The first-order valence-electron chi connectivity index (χ1n) is 8.48. The number of aryl methyl sites for hydroxylation is 1. The minimum absolute atomic E-state index is 0.264. The summed E-state index contributed by atoms with van der Waals surface area (Å²) in [4.78, 5) is 23.9. The molecular weight excluding hydrogens is 350 g/mol. The standard InChI is InChI=1S/C18H21N5O4/c1-10-20-23-16(26-10)13-9-14(21-22-15(13)24)11-5-7-12(8-6-11)19-17(25)27-18(2,3)4/h5-8,13H,9H2,1-4H3,(H,19,25)(H,22,24). The van der Waals surface area contributed by atoms with Gasteiger partial charge in [-0.1, -0.05) is 12.1 Å². The third kappa shape index (κ3) is 4.69. The molecule has 1 aromatic heterocycles. The first-order chi connectivity index (χ1) is 12.7. The lowest BCUT2D eigenvalue weighted by Crippen LogP contribution is -2.33. The lowest BCUT2D eigenvalue weighted by Gasteiger charge is -2.20. The van der Waals surface area contributed by atoms with Crippen molar-refractivity contribution in [3.8, 4) is 0 Å². The number of hydrazone groups is 1. The lowest BCUT2D eigenvalue weighted by atomic mass is 9.95. The van der Waals surface area contributed by atoms with E-state index in [4.69, 9.17) is 9.15 Å². The number of amides is 2. The van der Waals surface area contributed by atoms with Gasteiger partial charge in [-0.15, -0.1) is 10.2 Å². The molecule has 3 rings (SSSR count). The molecule has 0 saturated carbocycles. The zero-order chi connectivity index (χ0) is 19.6. The largest absolute Gasteiger partial charge is 0.444 e. The summed E-state index contributed by atoms with van der Waals surface area (Å²) < 4.78 is 10.6. The fraction of sp³-hybridized carbons (Fsp3) is 0.389. The van der Waals surface area contributed by atoms with Gasteiger partial charge in [-0.2, -0.15) is 5.10 Å². The second kappa shape index (κ2) is 7.18. The highest BCUT2D eigenvalue weighted by molar-refractivity contribution is 6.06. The van der Waals surface area contributed by atoms with Crippen LogP contribution < -0.4 is 10.7 Å². The van der Waals surface area contributed by atoms with Crippen molar-refractivity contribution < 1.29 is 18.7 Å². The molecule has 0 saturated heterocycles. The number of carbonyl (C=O) groups is 2. The number of benzene rings is 1. The molecule has 0 bridgehead atoms. The van der Waals surface area contributed by atoms with Gasteiger partial charge < -0.3 is 9.15 Å². The van der Waals surface area contributed by atoms with Crippen molar-refractivity contribution in [2.45, 2.75) is 45.6 Å². The van der Waals surface area contributed by atoms with Crippen LogP contribution in [-0.4, -0.2) is 33.5 Å². The maximum Gasteiger partial charge on any atom is 0.412 e. The Kier molecular flexibility index (Phi) is 4.93. The molecule has 0 radical (unpaired) electrons. The summed E-state index contributed by atoms with van der Waals surface area (Å²) in [6.07, 6.45) is -0.184. The number of hydrogen-bond acceptors (Lipinski definition) is 7. The zero-order valence-electron chi connectivity index (χ0n) is 15.6. The smallest absolute Gasteiger partial charge is 0.412 e. The van der Waals surface area contributed by atoms with Gasteiger partial charge in [0.2, 0.25) is 11.8 Å². The average Bonchev–Trinajstić information content (AvgIpc) is 3.00. The highest BCUT2D eigenvalue weighted by Gasteiger charge is 2.31. The van der Waals surface area contributed by atoms with E-state index in [0.29, 0.717) is 23.7 Å². The molecule has 2 N–H and O–H groups in total. The maximum atomic E-state index is 12.1. The summed E-state index contributed by atoms with van der Waals surface area (Å²) in [6, 6.07) is 7.09. The third-order valence-corrected chi connectivity index (χ3v) is 3.72. The average molecular weight is 371 g/mol. The van der Waals surface area contributed by atoms with Crippen LogP contribution in [0.25, 0.3) is 0 Å². The molecule has 1 atom stereocenters. The normalized spacial score (nSPS) is 17.1. The van der Waals surface area contributed by atoms with Crippen LogP contribution >= 0.6 is 0 Å². The number of nitrogens with zero attached hydrogens (tertiary/aromatic N) is 3. The molecule has 2 amide bonds. The van der Waals surface area contributed by atoms with Gasteiger partial charge in [0.05, 0.1) is 5.71 Å². The van der Waals surface area contributed by atoms with E-state index >= 15 is 0 Å². The van der Waals surface area contributed by atoms with Gasteiger partial charge in [-0.3, -0.25) is 10.1 Å². The molecule has 0 spiro atoms. The van der Waals surface area contributed by atoms with Crippen LogP contribution in [0.15, 0.2) is 33.8 Å². The number of rotatable bonds is 3. The molecule has 2 aromatic rings. The fourth-order valence-corrected chi connectivity index (χ4v) is 2.53. The van der Waals surface area contributed by atoms with Crippen LogP contribution in [0.2, 0.25) is 0 Å². The molecule has 27 heavy (non-hydrogen) atoms. The van der Waals surface area contributed by atoms with E-state index in [0.717, 1.165) is 5.56 Å². The minimum Gasteiger partial charge on any atom is -0.444 e. The van der Waals surface area contributed by atoms with Crippen molar-refractivity contribution >= 4 is 23.4 Å². The van der Waals surface area contributed by atoms with Crippen LogP contribution in [0.1, 0.15) is 50.5 Å². The van der Waals surface area contributed by atoms with E-state index < -0.39 is 17.6 Å². The van der Waals surface area contributed by atoms with E-state index in [2.05, 4.69) is 26.0 Å². The Labute approximate surface area is 156 Å². The van der Waals surface area contributed by atoms with Gasteiger partial charge in [0.15, 0.2) is 0 Å². The van der Waals surface area contributed by atoms with Gasteiger partial charge >= 0.3 is 6.09 Å². The predicted molar refractivity (Wildman–Crippen MR) is 97.4 cm³/mol. The number of aromatic nitrogens is 2. The first kappa shape index (κ1) is 18.6. The van der Waals surface area contributed by atoms with Crippen molar-refractivity contribution in [3.63, 3.8) is 0 Å². The van der Waals surface area contributed by atoms with Gasteiger partial charge in [-0.25, -0.2) is 10.2 Å². The molecule has 0 aliphatic carbocycles. The molecule has 1 aliphatic rings. The highest BCUT2D eigenvalue weighted by atomic mass is 16.6. The minimum atomic E-state index is -0.585. The van der Waals surface area contributed by atoms with Crippen LogP contribution in [0, 0.1) is 6.92 Å². The maximum absolute atomic E-state index is 12.1. The number of hydrogen-bond donors (Lipinski definition) is 2. The second-order valence-corrected chi connectivity index (χ2v) is 7.15. The SMILES string of the molecule is Cc1nnc(C2CC(c3ccc(NC(=O)OC(C)(C)C)cc3)=NNC2=O)o1. The summed E-state index contributed by atoms with van der Waals surface area (Å²) in [7, 11) is 0. The molecule has 9 heteroatoms. The van der Waals surface area contributed by atoms with Crippen molar-refractivity contribution in [1.82, 2.24) is 15.6 Å². The van der Waals surface area contributed by atoms with Gasteiger partial charge in [0, 0.05) is 19.0 Å². The molecule has 0 fully saturated rings. The van der Waals surface area contributed by atoms with Gasteiger partial charge in [-0.05, 0) is 38.5 Å². The van der Waals surface area contributed by atoms with Crippen LogP contribution in [0.5, 0.6) is 0 Å². The van der Waals surface area contributed by atoms with Crippen molar-refractivity contribution in [1.29, 1.82) is 0 Å². The molecule has 9 nitrogen and oxygen atoms in total. The van der Waals surface area contributed by atoms with Crippen molar-refractivity contribution in [2.24, 2.45) is 5.10 Å². The van der Waals surface area contributed by atoms with Crippen molar-refractivity contribution in [3.05, 3.63) is 41.6 Å². The molecule has 2 heterocycles. The zero-order valence-corrected chi connectivity index (χ0v) is 15.6. The Bertz CT molecular complexity index is 880. The van der Waals surface area contributed by atoms with E-state index in [9.17, 15) is 9.59 Å². The summed E-state index contributed by atoms with van der Waals surface area (Å²) >= 11 is 0. The molecule has 142 valence electrons. The van der Waals surface area contributed by atoms with Gasteiger partial charge in [0.1, 0.15) is 11.5 Å². The summed E-state index contributed by atoms with van der Waals surface area (Å²) in [5.41, 5.74) is 4.01. The molecule has 1 aromatic carbocycles. The number of carbonyl (C=O) groups excluding carboxylic acids is 2. The van der Waals surface area contributed by atoms with E-state index in [1.807, 2.05) is 0 Å². The number of anilines is 1. The first-order valence-corrected chi connectivity index (χ1v) is 8.48. The fourth-order valence-electron chi connectivity index (χ4n) is 2.53. The Morgan fingerprint density at radius 3 is 2.56 bits per heavy atom. The summed E-state index contributed by atoms with van der Waals surface area (Å²) in [5.74, 6) is -0.205. The molecule has 1 unspecified atom stereocenters. The summed E-state index contributed by atoms with van der Waals surface area (Å²) in [5, 5.41) is 14.5. The molecule has 1 aliphatic heterocycles. The van der Waals surface area contributed by atoms with Gasteiger partial charge in [0.25, 0.3) is 5.91 Å². The number of nitrogens with one attached hydrogen (secondary N) is 2. The predicted octanol–water partition coefficient (Wildman–Crippen LogP) is 2.73. The Balaban J connectivity index is 1.69. The van der Waals surface area contributed by atoms with E-state index in [-0.39, 0.29) is 11.8 Å².